The first kappa shape index (κ1) is 17.7. The van der Waals surface area contributed by atoms with Crippen LogP contribution in [-0.4, -0.2) is 19.2 Å². The maximum absolute atomic E-state index is 5.72. The number of aromatic nitrogens is 1. The molecule has 0 aliphatic heterocycles. The molecular formula is C21H25NO2S. The average molecular weight is 356 g/mol. The van der Waals surface area contributed by atoms with E-state index in [0.717, 1.165) is 41.8 Å². The van der Waals surface area contributed by atoms with Crippen molar-refractivity contribution in [2.75, 3.05) is 14.2 Å². The van der Waals surface area contributed by atoms with Gasteiger partial charge in [-0.05, 0) is 68.9 Å². The van der Waals surface area contributed by atoms with Gasteiger partial charge in [0.1, 0.15) is 11.5 Å². The molecule has 0 N–H and O–H groups in total. The van der Waals surface area contributed by atoms with Crippen molar-refractivity contribution in [3.05, 3.63) is 51.5 Å². The molecule has 3 nitrogen and oxygen atoms in total. The van der Waals surface area contributed by atoms with E-state index >= 15 is 0 Å². The number of hydrogen-bond acceptors (Lipinski definition) is 4. The Bertz CT molecular complexity index is 866. The number of nitrogens with zero attached hydrogens (tertiary/aromatic N) is 1. The van der Waals surface area contributed by atoms with E-state index in [-0.39, 0.29) is 0 Å². The van der Waals surface area contributed by atoms with Crippen LogP contribution in [0.25, 0.3) is 10.2 Å². The topological polar surface area (TPSA) is 31.4 Å². The lowest BCUT2D eigenvalue weighted by Gasteiger charge is -2.20. The highest BCUT2D eigenvalue weighted by Crippen LogP contribution is 2.38. The summed E-state index contributed by atoms with van der Waals surface area (Å²) in [4.78, 5) is 4.74. The number of aryl methyl sites for hydroxylation is 1. The van der Waals surface area contributed by atoms with Crippen molar-refractivity contribution >= 4 is 21.6 Å². The second-order valence-electron chi connectivity index (χ2n) is 6.35. The van der Waals surface area contributed by atoms with Crippen molar-refractivity contribution in [3.8, 4) is 11.5 Å². The normalized spacial score (nSPS) is 11.1. The van der Waals surface area contributed by atoms with Crippen molar-refractivity contribution in [2.45, 2.75) is 40.0 Å². The molecule has 0 amide bonds. The Morgan fingerprint density at radius 1 is 0.880 bits per heavy atom. The van der Waals surface area contributed by atoms with E-state index in [1.165, 1.54) is 26.4 Å². The monoisotopic (exact) mass is 355 g/mol. The number of hydrogen-bond donors (Lipinski definition) is 0. The van der Waals surface area contributed by atoms with E-state index in [4.69, 9.17) is 14.5 Å². The second-order valence-corrected chi connectivity index (χ2v) is 7.46. The maximum atomic E-state index is 5.72. The van der Waals surface area contributed by atoms with Gasteiger partial charge in [0.2, 0.25) is 0 Å². The summed E-state index contributed by atoms with van der Waals surface area (Å²) in [5, 5.41) is 1.20. The van der Waals surface area contributed by atoms with Crippen molar-refractivity contribution in [2.24, 2.45) is 0 Å². The van der Waals surface area contributed by atoms with Crippen LogP contribution in [0.15, 0.2) is 24.3 Å². The van der Waals surface area contributed by atoms with Gasteiger partial charge in [-0.2, -0.15) is 0 Å². The predicted molar refractivity (Wildman–Crippen MR) is 105 cm³/mol. The lowest BCUT2D eigenvalue weighted by molar-refractivity contribution is 0.390. The molecular weight excluding hydrogens is 330 g/mol. The highest BCUT2D eigenvalue weighted by Gasteiger charge is 2.18. The predicted octanol–water partition coefficient (Wildman–Crippen LogP) is 5.41. The van der Waals surface area contributed by atoms with Crippen LogP contribution in [0.3, 0.4) is 0 Å². The number of fused-ring (bicyclic) bond motifs is 1. The third-order valence-electron chi connectivity index (χ3n) is 4.87. The van der Waals surface area contributed by atoms with Gasteiger partial charge in [-0.15, -0.1) is 11.3 Å². The van der Waals surface area contributed by atoms with Crippen LogP contribution >= 0.6 is 11.3 Å². The highest BCUT2D eigenvalue weighted by molar-refractivity contribution is 7.18. The first-order valence-electron chi connectivity index (χ1n) is 8.61. The number of rotatable bonds is 6. The van der Waals surface area contributed by atoms with E-state index in [9.17, 15) is 0 Å². The summed E-state index contributed by atoms with van der Waals surface area (Å²) in [5.41, 5.74) is 5.87. The fourth-order valence-electron chi connectivity index (χ4n) is 3.48. The van der Waals surface area contributed by atoms with Crippen LogP contribution in [0.5, 0.6) is 11.5 Å². The Morgan fingerprint density at radius 3 is 2.24 bits per heavy atom. The lowest BCUT2D eigenvalue weighted by Crippen LogP contribution is -2.04. The van der Waals surface area contributed by atoms with Gasteiger partial charge in [0, 0.05) is 5.56 Å². The van der Waals surface area contributed by atoms with E-state index < -0.39 is 0 Å². The molecule has 1 heterocycles. The van der Waals surface area contributed by atoms with Gasteiger partial charge in [-0.1, -0.05) is 12.1 Å². The van der Waals surface area contributed by atoms with Gasteiger partial charge in [-0.25, -0.2) is 4.98 Å². The molecule has 0 aliphatic carbocycles. The summed E-state index contributed by atoms with van der Waals surface area (Å²) in [6.45, 7) is 6.32. The van der Waals surface area contributed by atoms with Crippen LogP contribution in [0.4, 0.5) is 0 Å². The molecule has 0 fully saturated rings. The molecule has 0 saturated heterocycles. The lowest BCUT2D eigenvalue weighted by atomic mass is 9.94. The van der Waals surface area contributed by atoms with E-state index in [2.05, 4.69) is 39.0 Å². The van der Waals surface area contributed by atoms with Crippen molar-refractivity contribution in [1.29, 1.82) is 0 Å². The molecule has 2 aromatic carbocycles. The molecule has 1 aromatic heterocycles. The van der Waals surface area contributed by atoms with Gasteiger partial charge in [0.25, 0.3) is 0 Å². The van der Waals surface area contributed by atoms with E-state index in [1.54, 1.807) is 25.6 Å². The summed E-state index contributed by atoms with van der Waals surface area (Å²) < 4.78 is 12.6. The molecule has 0 atom stereocenters. The van der Waals surface area contributed by atoms with Crippen LogP contribution in [0.1, 0.15) is 33.7 Å². The zero-order valence-electron chi connectivity index (χ0n) is 15.6. The zero-order chi connectivity index (χ0) is 18.0. The van der Waals surface area contributed by atoms with Gasteiger partial charge in [0.05, 0.1) is 29.4 Å². The summed E-state index contributed by atoms with van der Waals surface area (Å²) in [6.07, 6.45) is 2.99. The number of thiazole rings is 1. The highest BCUT2D eigenvalue weighted by atomic mass is 32.1. The summed E-state index contributed by atoms with van der Waals surface area (Å²) in [7, 11) is 3.50. The van der Waals surface area contributed by atoms with Crippen LogP contribution < -0.4 is 9.47 Å². The SMILES string of the molecule is COc1c(C)c(C)c(OC)c(CCCc2nc3ccccc3s2)c1C. The fraction of sp³-hybridized carbons (Fsp3) is 0.381. The van der Waals surface area contributed by atoms with Gasteiger partial charge in [-0.3, -0.25) is 0 Å². The first-order chi connectivity index (χ1) is 12.1. The molecule has 25 heavy (non-hydrogen) atoms. The fourth-order valence-corrected chi connectivity index (χ4v) is 4.49. The van der Waals surface area contributed by atoms with Crippen LogP contribution in [0.2, 0.25) is 0 Å². The van der Waals surface area contributed by atoms with Crippen molar-refractivity contribution in [3.63, 3.8) is 0 Å². The molecule has 0 bridgehead atoms. The molecule has 0 saturated carbocycles. The Morgan fingerprint density at radius 2 is 1.56 bits per heavy atom. The molecule has 4 heteroatoms. The number of methoxy groups -OCH3 is 2. The molecule has 3 rings (SSSR count). The quantitative estimate of drug-likeness (QED) is 0.592. The van der Waals surface area contributed by atoms with Gasteiger partial charge < -0.3 is 9.47 Å². The Hall–Kier alpha value is -2.07. The summed E-state index contributed by atoms with van der Waals surface area (Å²) >= 11 is 1.79. The molecule has 0 aliphatic rings. The third kappa shape index (κ3) is 3.36. The molecule has 0 spiro atoms. The molecule has 132 valence electrons. The van der Waals surface area contributed by atoms with Gasteiger partial charge in [0.15, 0.2) is 0 Å². The van der Waals surface area contributed by atoms with E-state index in [1.807, 2.05) is 6.07 Å². The number of para-hydroxylation sites is 1. The van der Waals surface area contributed by atoms with Gasteiger partial charge >= 0.3 is 0 Å². The van der Waals surface area contributed by atoms with Crippen LogP contribution in [0, 0.1) is 20.8 Å². The molecule has 3 aromatic rings. The second kappa shape index (κ2) is 7.44. The van der Waals surface area contributed by atoms with E-state index in [0.29, 0.717) is 0 Å². The smallest absolute Gasteiger partial charge is 0.125 e. The minimum Gasteiger partial charge on any atom is -0.496 e. The summed E-state index contributed by atoms with van der Waals surface area (Å²) in [5.74, 6) is 1.98. The Labute approximate surface area is 153 Å². The maximum Gasteiger partial charge on any atom is 0.125 e. The number of benzene rings is 2. The first-order valence-corrected chi connectivity index (χ1v) is 9.43. The average Bonchev–Trinajstić information content (AvgIpc) is 3.03. The zero-order valence-corrected chi connectivity index (χ0v) is 16.4. The minimum absolute atomic E-state index is 0.961. The van der Waals surface area contributed by atoms with Crippen LogP contribution in [-0.2, 0) is 12.8 Å². The Balaban J connectivity index is 1.81. The minimum atomic E-state index is 0.961. The Kier molecular flexibility index (Phi) is 5.28. The van der Waals surface area contributed by atoms with Crippen molar-refractivity contribution in [1.82, 2.24) is 4.98 Å². The standard InChI is InChI=1S/C21H25NO2S/c1-13-14(2)21(24-5)16(15(3)20(13)23-4)9-8-12-19-22-17-10-6-7-11-18(17)25-19/h6-7,10-11H,8-9,12H2,1-5H3. The summed E-state index contributed by atoms with van der Waals surface area (Å²) in [6, 6.07) is 8.33. The molecule has 0 unspecified atom stereocenters. The van der Waals surface area contributed by atoms with Crippen molar-refractivity contribution < 1.29 is 9.47 Å². The number of ether oxygens (including phenoxy) is 2. The largest absolute Gasteiger partial charge is 0.496 e. The molecule has 0 radical (unpaired) electrons. The third-order valence-corrected chi connectivity index (χ3v) is 5.97.